The molecule has 3 rings (SSSR count). The van der Waals surface area contributed by atoms with Gasteiger partial charge in [-0.1, -0.05) is 30.3 Å². The minimum absolute atomic E-state index is 0.0641. The van der Waals surface area contributed by atoms with E-state index in [1.165, 1.54) is 11.1 Å². The van der Waals surface area contributed by atoms with Crippen LogP contribution in [0.5, 0.6) is 0 Å². The molecule has 0 fully saturated rings. The molecule has 22 heavy (non-hydrogen) atoms. The molecule has 1 aliphatic rings. The van der Waals surface area contributed by atoms with Gasteiger partial charge < -0.3 is 10.6 Å². The number of rotatable bonds is 2. The molecular formula is C19H22N2O. The van der Waals surface area contributed by atoms with Crippen molar-refractivity contribution in [3.05, 3.63) is 64.7 Å². The van der Waals surface area contributed by atoms with E-state index in [2.05, 4.69) is 24.3 Å². The van der Waals surface area contributed by atoms with E-state index >= 15 is 0 Å². The Morgan fingerprint density at radius 1 is 1.18 bits per heavy atom. The lowest BCUT2D eigenvalue weighted by Gasteiger charge is -2.33. The fourth-order valence-electron chi connectivity index (χ4n) is 3.23. The van der Waals surface area contributed by atoms with Gasteiger partial charge in [0.15, 0.2) is 0 Å². The van der Waals surface area contributed by atoms with Crippen LogP contribution in [0.1, 0.15) is 33.5 Å². The molecule has 1 unspecified atom stereocenters. The van der Waals surface area contributed by atoms with Crippen molar-refractivity contribution in [2.24, 2.45) is 0 Å². The van der Waals surface area contributed by atoms with Gasteiger partial charge in [0.2, 0.25) is 0 Å². The number of carbonyl (C=O) groups excluding carboxylic acids is 1. The van der Waals surface area contributed by atoms with Gasteiger partial charge >= 0.3 is 0 Å². The number of hydrogen-bond donors (Lipinski definition) is 1. The topological polar surface area (TPSA) is 46.3 Å². The van der Waals surface area contributed by atoms with E-state index in [9.17, 15) is 4.79 Å². The van der Waals surface area contributed by atoms with Crippen molar-refractivity contribution < 1.29 is 4.79 Å². The Balaban J connectivity index is 1.81. The van der Waals surface area contributed by atoms with Crippen molar-refractivity contribution in [1.29, 1.82) is 0 Å². The Morgan fingerprint density at radius 2 is 1.91 bits per heavy atom. The summed E-state index contributed by atoms with van der Waals surface area (Å²) in [6.45, 7) is 1.96. The van der Waals surface area contributed by atoms with E-state index in [0.29, 0.717) is 11.3 Å². The lowest BCUT2D eigenvalue weighted by Crippen LogP contribution is -2.40. The van der Waals surface area contributed by atoms with Crippen molar-refractivity contribution in [1.82, 2.24) is 4.90 Å². The van der Waals surface area contributed by atoms with Crippen LogP contribution in [0.2, 0.25) is 0 Å². The SMILES string of the molecule is Cc1ccc(N)cc1C(=O)N(C)C1CCc2ccccc2C1. The first-order valence-corrected chi connectivity index (χ1v) is 7.76. The van der Waals surface area contributed by atoms with Crippen LogP contribution in [0, 0.1) is 6.92 Å². The highest BCUT2D eigenvalue weighted by molar-refractivity contribution is 5.96. The summed E-state index contributed by atoms with van der Waals surface area (Å²) in [5.41, 5.74) is 10.9. The van der Waals surface area contributed by atoms with E-state index < -0.39 is 0 Å². The number of carbonyl (C=O) groups is 1. The second-order valence-corrected chi connectivity index (χ2v) is 6.16. The van der Waals surface area contributed by atoms with E-state index in [0.717, 1.165) is 24.8 Å². The number of anilines is 1. The molecule has 114 valence electrons. The highest BCUT2D eigenvalue weighted by Crippen LogP contribution is 2.25. The zero-order valence-electron chi connectivity index (χ0n) is 13.2. The molecule has 0 radical (unpaired) electrons. The van der Waals surface area contributed by atoms with Crippen molar-refractivity contribution >= 4 is 11.6 Å². The highest BCUT2D eigenvalue weighted by atomic mass is 16.2. The predicted octanol–water partition coefficient (Wildman–Crippen LogP) is 3.21. The summed E-state index contributed by atoms with van der Waals surface area (Å²) in [6.07, 6.45) is 2.98. The zero-order chi connectivity index (χ0) is 15.7. The van der Waals surface area contributed by atoms with Crippen LogP contribution in [0.3, 0.4) is 0 Å². The molecule has 0 heterocycles. The van der Waals surface area contributed by atoms with Crippen LogP contribution in [-0.2, 0) is 12.8 Å². The molecule has 2 aromatic carbocycles. The average molecular weight is 294 g/mol. The molecule has 3 nitrogen and oxygen atoms in total. The number of amides is 1. The largest absolute Gasteiger partial charge is 0.399 e. The molecule has 0 saturated heterocycles. The first-order chi connectivity index (χ1) is 10.6. The fraction of sp³-hybridized carbons (Fsp3) is 0.316. The minimum atomic E-state index is 0.0641. The van der Waals surface area contributed by atoms with Gasteiger partial charge in [-0.05, 0) is 55.0 Å². The first kappa shape index (κ1) is 14.6. The predicted molar refractivity (Wildman–Crippen MR) is 89.9 cm³/mol. The van der Waals surface area contributed by atoms with Crippen molar-refractivity contribution in [2.75, 3.05) is 12.8 Å². The quantitative estimate of drug-likeness (QED) is 0.865. The molecule has 1 amide bonds. The summed E-state index contributed by atoms with van der Waals surface area (Å²) in [7, 11) is 1.91. The van der Waals surface area contributed by atoms with E-state index in [4.69, 9.17) is 5.73 Å². The Bertz CT molecular complexity index is 708. The molecule has 0 aliphatic heterocycles. The standard InChI is InChI=1S/C19H22N2O/c1-13-7-9-16(20)12-18(13)19(22)21(2)17-10-8-14-5-3-4-6-15(14)11-17/h3-7,9,12,17H,8,10-11,20H2,1-2H3. The maximum absolute atomic E-state index is 12.8. The Hall–Kier alpha value is -2.29. The second kappa shape index (κ2) is 5.84. The smallest absolute Gasteiger partial charge is 0.254 e. The second-order valence-electron chi connectivity index (χ2n) is 6.16. The number of nitrogens with two attached hydrogens (primary N) is 1. The molecule has 0 spiro atoms. The highest BCUT2D eigenvalue weighted by Gasteiger charge is 2.26. The molecule has 3 heteroatoms. The van der Waals surface area contributed by atoms with Gasteiger partial charge in [0.25, 0.3) is 5.91 Å². The maximum atomic E-state index is 12.8. The zero-order valence-corrected chi connectivity index (χ0v) is 13.2. The van der Waals surface area contributed by atoms with E-state index in [1.54, 1.807) is 6.07 Å². The van der Waals surface area contributed by atoms with Gasteiger partial charge in [0.1, 0.15) is 0 Å². The van der Waals surface area contributed by atoms with Crippen LogP contribution in [0.25, 0.3) is 0 Å². The molecule has 1 atom stereocenters. The maximum Gasteiger partial charge on any atom is 0.254 e. The van der Waals surface area contributed by atoms with Crippen LogP contribution >= 0.6 is 0 Å². The van der Waals surface area contributed by atoms with Crippen molar-refractivity contribution in [3.63, 3.8) is 0 Å². The molecule has 2 aromatic rings. The summed E-state index contributed by atoms with van der Waals surface area (Å²) >= 11 is 0. The van der Waals surface area contributed by atoms with Gasteiger partial charge in [0, 0.05) is 24.3 Å². The third kappa shape index (κ3) is 2.71. The Labute approximate surface area is 131 Å². The number of benzene rings is 2. The van der Waals surface area contributed by atoms with Crippen LogP contribution in [-0.4, -0.2) is 23.9 Å². The van der Waals surface area contributed by atoms with Crippen molar-refractivity contribution in [3.8, 4) is 0 Å². The van der Waals surface area contributed by atoms with Crippen molar-refractivity contribution in [2.45, 2.75) is 32.2 Å². The summed E-state index contributed by atoms with van der Waals surface area (Å²) < 4.78 is 0. The Morgan fingerprint density at radius 3 is 2.68 bits per heavy atom. The van der Waals surface area contributed by atoms with Gasteiger partial charge in [-0.3, -0.25) is 4.79 Å². The number of nitrogens with zero attached hydrogens (tertiary/aromatic N) is 1. The molecule has 2 N–H and O–H groups in total. The number of hydrogen-bond acceptors (Lipinski definition) is 2. The lowest BCUT2D eigenvalue weighted by molar-refractivity contribution is 0.0718. The van der Waals surface area contributed by atoms with E-state index in [1.807, 2.05) is 31.0 Å². The normalized spacial score (nSPS) is 16.9. The van der Waals surface area contributed by atoms with Gasteiger partial charge in [-0.25, -0.2) is 0 Å². The number of likely N-dealkylation sites (N-methyl/N-ethyl adjacent to an activating group) is 1. The monoisotopic (exact) mass is 294 g/mol. The number of nitrogen functional groups attached to an aromatic ring is 1. The number of fused-ring (bicyclic) bond motifs is 1. The third-order valence-electron chi connectivity index (χ3n) is 4.68. The van der Waals surface area contributed by atoms with Gasteiger partial charge in [-0.15, -0.1) is 0 Å². The lowest BCUT2D eigenvalue weighted by atomic mass is 9.87. The van der Waals surface area contributed by atoms with Gasteiger partial charge in [-0.2, -0.15) is 0 Å². The summed E-state index contributed by atoms with van der Waals surface area (Å²) in [5.74, 6) is 0.0641. The van der Waals surface area contributed by atoms with Gasteiger partial charge in [0.05, 0.1) is 0 Å². The summed E-state index contributed by atoms with van der Waals surface area (Å²) in [5, 5.41) is 0. The van der Waals surface area contributed by atoms with E-state index in [-0.39, 0.29) is 11.9 Å². The summed E-state index contributed by atoms with van der Waals surface area (Å²) in [6, 6.07) is 14.3. The number of aryl methyl sites for hydroxylation is 2. The molecule has 1 aliphatic carbocycles. The molecule has 0 bridgehead atoms. The Kier molecular flexibility index (Phi) is 3.88. The van der Waals surface area contributed by atoms with Crippen LogP contribution in [0.15, 0.2) is 42.5 Å². The minimum Gasteiger partial charge on any atom is -0.399 e. The third-order valence-corrected chi connectivity index (χ3v) is 4.68. The summed E-state index contributed by atoms with van der Waals surface area (Å²) in [4.78, 5) is 14.7. The molecule has 0 aromatic heterocycles. The average Bonchev–Trinajstić information content (AvgIpc) is 2.55. The van der Waals surface area contributed by atoms with Crippen LogP contribution < -0.4 is 5.73 Å². The van der Waals surface area contributed by atoms with Crippen LogP contribution in [0.4, 0.5) is 5.69 Å². The molecular weight excluding hydrogens is 272 g/mol. The first-order valence-electron chi connectivity index (χ1n) is 7.76. The fourth-order valence-corrected chi connectivity index (χ4v) is 3.23. The molecule has 0 saturated carbocycles.